The molecule has 0 unspecified atom stereocenters. The number of rotatable bonds is 4. The van der Waals surface area contributed by atoms with Gasteiger partial charge in [0.1, 0.15) is 6.54 Å². The van der Waals surface area contributed by atoms with Crippen LogP contribution < -0.4 is 0 Å². The zero-order chi connectivity index (χ0) is 14.9. The molecule has 4 nitrogen and oxygen atoms in total. The van der Waals surface area contributed by atoms with Crippen molar-refractivity contribution in [1.29, 1.82) is 0 Å². The fourth-order valence-electron chi connectivity index (χ4n) is 1.90. The number of carboxylic acids is 1. The molecule has 7 heteroatoms. The Labute approximate surface area is 118 Å². The van der Waals surface area contributed by atoms with Gasteiger partial charge in [-0.05, 0) is 36.2 Å². The molecule has 2 heterocycles. The molecule has 20 heavy (non-hydrogen) atoms. The molecule has 2 aromatic rings. The summed E-state index contributed by atoms with van der Waals surface area (Å²) in [5, 5.41) is 5.52. The van der Waals surface area contributed by atoms with E-state index in [0.717, 1.165) is 16.3 Å². The van der Waals surface area contributed by atoms with Crippen molar-refractivity contribution in [2.75, 3.05) is 0 Å². The highest BCUT2D eigenvalue weighted by molar-refractivity contribution is 6.21. The van der Waals surface area contributed by atoms with Crippen molar-refractivity contribution in [3.63, 3.8) is 0 Å². The Morgan fingerprint density at radius 1 is 1.55 bits per heavy atom. The van der Waals surface area contributed by atoms with E-state index < -0.39 is 17.9 Å². The average Bonchev–Trinajstić information content (AvgIpc) is 2.71. The van der Waals surface area contributed by atoms with Gasteiger partial charge in [0.05, 0.1) is 17.0 Å². The van der Waals surface area contributed by atoms with Gasteiger partial charge in [-0.25, -0.2) is 4.79 Å². The van der Waals surface area contributed by atoms with E-state index in [2.05, 4.69) is 4.98 Å². The summed E-state index contributed by atoms with van der Waals surface area (Å²) >= 11 is 4.93. The molecule has 0 spiro atoms. The number of aromatic carboxylic acids is 1. The van der Waals surface area contributed by atoms with Crippen LogP contribution in [0.5, 0.6) is 0 Å². The van der Waals surface area contributed by atoms with Crippen LogP contribution in [0.15, 0.2) is 30.6 Å². The lowest BCUT2D eigenvalue weighted by Crippen LogP contribution is -2.16. The van der Waals surface area contributed by atoms with Gasteiger partial charge in [-0.15, -0.1) is 0 Å². The van der Waals surface area contributed by atoms with Gasteiger partial charge in [-0.3, -0.25) is 4.98 Å². The molecule has 0 aliphatic rings. The third-order valence-corrected chi connectivity index (χ3v) is 2.86. The number of carboxylic acid groups (broad SMARTS) is 1. The number of pyridine rings is 1. The van der Waals surface area contributed by atoms with E-state index in [9.17, 15) is 13.6 Å². The van der Waals surface area contributed by atoms with E-state index in [1.165, 1.54) is 12.3 Å². The summed E-state index contributed by atoms with van der Waals surface area (Å²) < 4.78 is 27.1. The summed E-state index contributed by atoms with van der Waals surface area (Å²) in [5.74, 6) is -1.20. The zero-order valence-corrected chi connectivity index (χ0v) is 11.2. The average molecular weight is 301 g/mol. The first-order valence-electron chi connectivity index (χ1n) is 5.70. The predicted molar refractivity (Wildman–Crippen MR) is 70.2 cm³/mol. The molecule has 0 amide bonds. The Balaban J connectivity index is 2.56. The van der Waals surface area contributed by atoms with Crippen LogP contribution in [0.1, 0.15) is 15.9 Å². The van der Waals surface area contributed by atoms with Crippen LogP contribution in [-0.4, -0.2) is 26.0 Å². The second-order valence-corrected chi connectivity index (χ2v) is 4.88. The number of carbonyl (C=O) groups is 1. The Morgan fingerprint density at radius 3 is 2.80 bits per heavy atom. The second-order valence-electron chi connectivity index (χ2n) is 4.33. The molecule has 0 saturated carbocycles. The minimum absolute atomic E-state index is 0.0917. The highest BCUT2D eigenvalue weighted by atomic mass is 35.5. The van der Waals surface area contributed by atoms with Crippen molar-refractivity contribution in [3.05, 3.63) is 41.7 Å². The molecule has 0 aliphatic carbocycles. The van der Waals surface area contributed by atoms with Crippen LogP contribution in [0, 0.1) is 6.92 Å². The van der Waals surface area contributed by atoms with Gasteiger partial charge >= 0.3 is 11.4 Å². The summed E-state index contributed by atoms with van der Waals surface area (Å²) in [6, 6.07) is 4.78. The Bertz CT molecular complexity index is 650. The van der Waals surface area contributed by atoms with Crippen molar-refractivity contribution < 1.29 is 18.7 Å². The van der Waals surface area contributed by atoms with Crippen LogP contribution in [0.3, 0.4) is 0 Å². The summed E-state index contributed by atoms with van der Waals surface area (Å²) in [6.07, 6.45) is 2.64. The van der Waals surface area contributed by atoms with Gasteiger partial charge in [-0.1, -0.05) is 6.07 Å². The molecule has 0 aliphatic heterocycles. The summed E-state index contributed by atoms with van der Waals surface area (Å²) in [7, 11) is 0. The first-order valence-corrected chi connectivity index (χ1v) is 6.08. The number of aryl methyl sites for hydroxylation is 1. The molecule has 1 N–H and O–H groups in total. The maximum atomic E-state index is 13.0. The minimum atomic E-state index is -3.47. The van der Waals surface area contributed by atoms with Crippen LogP contribution in [0.4, 0.5) is 8.78 Å². The van der Waals surface area contributed by atoms with E-state index in [-0.39, 0.29) is 5.56 Å². The number of nitrogens with zero attached hydrogens (tertiary/aromatic N) is 2. The van der Waals surface area contributed by atoms with Crippen molar-refractivity contribution in [1.82, 2.24) is 9.55 Å². The number of hydrogen-bond donors (Lipinski definition) is 1. The SMILES string of the molecule is Cc1cccnc1-c1cc(C(=O)O)cn1CC(F)(F)Cl. The lowest BCUT2D eigenvalue weighted by Gasteiger charge is -2.13. The van der Waals surface area contributed by atoms with E-state index in [1.807, 2.05) is 0 Å². The quantitative estimate of drug-likeness (QED) is 0.881. The van der Waals surface area contributed by atoms with Gasteiger partial charge in [-0.2, -0.15) is 8.78 Å². The molecule has 0 atom stereocenters. The highest BCUT2D eigenvalue weighted by Crippen LogP contribution is 2.28. The zero-order valence-electron chi connectivity index (χ0n) is 10.5. The second kappa shape index (κ2) is 5.20. The fraction of sp³-hybridized carbons (Fsp3) is 0.231. The van der Waals surface area contributed by atoms with Crippen LogP contribution in [-0.2, 0) is 6.54 Å². The van der Waals surface area contributed by atoms with E-state index in [4.69, 9.17) is 16.7 Å². The third kappa shape index (κ3) is 3.14. The topological polar surface area (TPSA) is 55.1 Å². The molecule has 0 fully saturated rings. The maximum Gasteiger partial charge on any atom is 0.339 e. The third-order valence-electron chi connectivity index (χ3n) is 2.75. The molecular formula is C13H11ClF2N2O2. The maximum absolute atomic E-state index is 13.0. The lowest BCUT2D eigenvalue weighted by atomic mass is 10.1. The Kier molecular flexibility index (Phi) is 3.76. The largest absolute Gasteiger partial charge is 0.478 e. The standard InChI is InChI=1S/C13H11ClF2N2O2/c1-8-3-2-4-17-11(8)10-5-9(12(19)20)6-18(10)7-13(14,15)16/h2-6H,7H2,1H3,(H,19,20). The predicted octanol–water partition coefficient (Wildman–Crippen LogP) is 3.39. The van der Waals surface area contributed by atoms with E-state index >= 15 is 0 Å². The molecule has 106 valence electrons. The van der Waals surface area contributed by atoms with Crippen LogP contribution in [0.2, 0.25) is 0 Å². The monoisotopic (exact) mass is 300 g/mol. The minimum Gasteiger partial charge on any atom is -0.478 e. The van der Waals surface area contributed by atoms with Gasteiger partial charge in [0.15, 0.2) is 0 Å². The van der Waals surface area contributed by atoms with E-state index in [0.29, 0.717) is 11.4 Å². The first-order chi connectivity index (χ1) is 9.28. The normalized spacial score (nSPS) is 11.6. The Morgan fingerprint density at radius 2 is 2.25 bits per heavy atom. The summed E-state index contributed by atoms with van der Waals surface area (Å²) in [4.78, 5) is 15.1. The van der Waals surface area contributed by atoms with Crippen molar-refractivity contribution in [3.8, 4) is 11.4 Å². The molecular weight excluding hydrogens is 290 g/mol. The summed E-state index contributed by atoms with van der Waals surface area (Å²) in [6.45, 7) is 0.937. The van der Waals surface area contributed by atoms with Crippen LogP contribution >= 0.6 is 11.6 Å². The number of aromatic nitrogens is 2. The lowest BCUT2D eigenvalue weighted by molar-refractivity contribution is 0.0688. The Hall–Kier alpha value is -1.95. The molecule has 0 bridgehead atoms. The number of alkyl halides is 3. The molecule has 0 radical (unpaired) electrons. The smallest absolute Gasteiger partial charge is 0.339 e. The van der Waals surface area contributed by atoms with Gasteiger partial charge in [0.2, 0.25) is 0 Å². The first kappa shape index (κ1) is 14.5. The van der Waals surface area contributed by atoms with Crippen molar-refractivity contribution in [2.24, 2.45) is 0 Å². The van der Waals surface area contributed by atoms with Gasteiger partial charge in [0, 0.05) is 12.4 Å². The molecule has 2 rings (SSSR count). The molecule has 2 aromatic heterocycles. The fourth-order valence-corrected chi connectivity index (χ4v) is 2.03. The number of halogens is 3. The van der Waals surface area contributed by atoms with Gasteiger partial charge < -0.3 is 9.67 Å². The highest BCUT2D eigenvalue weighted by Gasteiger charge is 2.28. The van der Waals surface area contributed by atoms with Crippen molar-refractivity contribution in [2.45, 2.75) is 18.9 Å². The van der Waals surface area contributed by atoms with Crippen LogP contribution in [0.25, 0.3) is 11.4 Å². The summed E-state index contributed by atoms with van der Waals surface area (Å²) in [5.41, 5.74) is 1.40. The van der Waals surface area contributed by atoms with E-state index in [1.54, 1.807) is 19.1 Å². The van der Waals surface area contributed by atoms with Crippen molar-refractivity contribution >= 4 is 17.6 Å². The molecule has 0 saturated heterocycles. The van der Waals surface area contributed by atoms with Gasteiger partial charge in [0.25, 0.3) is 0 Å². The molecule has 0 aromatic carbocycles. The number of hydrogen-bond acceptors (Lipinski definition) is 2.